The molecule has 0 aromatic heterocycles. The van der Waals surface area contributed by atoms with Gasteiger partial charge in [-0.3, -0.25) is 9.59 Å². The fraction of sp³-hybridized carbons (Fsp3) is 0.826. The number of aliphatic hydroxyl groups is 5. The number of carbonyl (C=O) groups is 2. The molecule has 0 aromatic rings. The standard InChI is InChI=1S/C69H125NO10/c1-4-7-10-13-16-19-22-24-25-26-27-28-29-30-31-32-33-34-35-36-37-39-42-45-48-51-54-57-64(74)80-67-66(76)65(75)63(58-71)79-69(67)78-59-60(61(72)55-52-49-46-43-40-21-18-15-12-9-6-3)70-68(77)62(73)56-53-50-47-44-41-38-23-20-17-14-11-8-5-2/h8,11,17,20,24-25,38,41,52,55,60-63,65-67,69,71-73,75-76H,4-7,9-10,12-16,18-19,21-23,26-37,39-40,42-51,53-54,56-59H2,1-3H3,(H,70,77)/b11-8+,20-17+,25-24+,41-38+,55-52+. The summed E-state index contributed by atoms with van der Waals surface area (Å²) < 4.78 is 17.6. The lowest BCUT2D eigenvalue weighted by atomic mass is 9.99. The summed E-state index contributed by atoms with van der Waals surface area (Å²) in [6.45, 7) is 5.67. The summed E-state index contributed by atoms with van der Waals surface area (Å²) in [5.74, 6) is -1.21. The molecule has 11 heteroatoms. The van der Waals surface area contributed by atoms with Crippen LogP contribution in [0, 0.1) is 0 Å². The number of unbranched alkanes of at least 4 members (excludes halogenated alkanes) is 35. The highest BCUT2D eigenvalue weighted by Gasteiger charge is 2.47. The first-order valence-electron chi connectivity index (χ1n) is 33.6. The largest absolute Gasteiger partial charge is 0.454 e. The number of aliphatic hydroxyl groups excluding tert-OH is 5. The molecule has 80 heavy (non-hydrogen) atoms. The lowest BCUT2D eigenvalue weighted by Crippen LogP contribution is -2.61. The maximum absolute atomic E-state index is 13.4. The van der Waals surface area contributed by atoms with Crippen molar-refractivity contribution in [3.05, 3.63) is 60.8 Å². The highest BCUT2D eigenvalue weighted by Crippen LogP contribution is 2.26. The zero-order valence-corrected chi connectivity index (χ0v) is 51.7. The van der Waals surface area contributed by atoms with E-state index < -0.39 is 67.4 Å². The Morgan fingerprint density at radius 1 is 0.500 bits per heavy atom. The third kappa shape index (κ3) is 44.0. The molecule has 466 valence electrons. The molecule has 0 aliphatic carbocycles. The van der Waals surface area contributed by atoms with Gasteiger partial charge >= 0.3 is 5.97 Å². The van der Waals surface area contributed by atoms with E-state index in [1.54, 1.807) is 6.08 Å². The van der Waals surface area contributed by atoms with Crippen LogP contribution in [-0.4, -0.2) is 99.6 Å². The third-order valence-corrected chi connectivity index (χ3v) is 15.7. The minimum Gasteiger partial charge on any atom is -0.454 e. The van der Waals surface area contributed by atoms with Gasteiger partial charge in [-0.15, -0.1) is 0 Å². The number of allylic oxidation sites excluding steroid dienone is 9. The van der Waals surface area contributed by atoms with Crippen LogP contribution in [0.15, 0.2) is 60.8 Å². The molecule has 1 aliphatic rings. The molecular formula is C69H125NO10. The molecule has 1 amide bonds. The first-order chi connectivity index (χ1) is 39.2. The van der Waals surface area contributed by atoms with Gasteiger partial charge in [0.2, 0.25) is 5.91 Å². The second-order valence-electron chi connectivity index (χ2n) is 23.2. The van der Waals surface area contributed by atoms with Gasteiger partial charge in [0, 0.05) is 6.42 Å². The van der Waals surface area contributed by atoms with Crippen molar-refractivity contribution in [2.45, 2.75) is 352 Å². The zero-order chi connectivity index (χ0) is 58.2. The van der Waals surface area contributed by atoms with E-state index in [2.05, 4.69) is 74.7 Å². The van der Waals surface area contributed by atoms with Gasteiger partial charge in [0.25, 0.3) is 0 Å². The molecule has 8 atom stereocenters. The van der Waals surface area contributed by atoms with E-state index in [-0.39, 0.29) is 19.4 Å². The molecule has 0 saturated carbocycles. The van der Waals surface area contributed by atoms with E-state index >= 15 is 0 Å². The molecule has 0 radical (unpaired) electrons. The van der Waals surface area contributed by atoms with Crippen molar-refractivity contribution in [3.63, 3.8) is 0 Å². The van der Waals surface area contributed by atoms with Crippen LogP contribution in [0.5, 0.6) is 0 Å². The van der Waals surface area contributed by atoms with E-state index in [1.807, 2.05) is 6.08 Å². The molecule has 6 N–H and O–H groups in total. The Balaban J connectivity index is 2.52. The predicted octanol–water partition coefficient (Wildman–Crippen LogP) is 16.6. The summed E-state index contributed by atoms with van der Waals surface area (Å²) in [6, 6.07) is -1.04. The lowest BCUT2D eigenvalue weighted by molar-refractivity contribution is -0.305. The van der Waals surface area contributed by atoms with E-state index in [0.29, 0.717) is 12.8 Å². The average molecular weight is 1130 g/mol. The Morgan fingerprint density at radius 3 is 1.36 bits per heavy atom. The van der Waals surface area contributed by atoms with E-state index in [1.165, 1.54) is 180 Å². The number of ether oxygens (including phenoxy) is 3. The van der Waals surface area contributed by atoms with Crippen molar-refractivity contribution in [1.82, 2.24) is 5.32 Å². The van der Waals surface area contributed by atoms with Crippen LogP contribution in [0.1, 0.15) is 303 Å². The molecule has 8 unspecified atom stereocenters. The molecule has 0 bridgehead atoms. The summed E-state index contributed by atoms with van der Waals surface area (Å²) in [7, 11) is 0. The van der Waals surface area contributed by atoms with Crippen LogP contribution >= 0.6 is 0 Å². The second kappa shape index (κ2) is 56.8. The smallest absolute Gasteiger partial charge is 0.306 e. The minimum atomic E-state index is -1.62. The van der Waals surface area contributed by atoms with Gasteiger partial charge in [-0.05, 0) is 83.5 Å². The van der Waals surface area contributed by atoms with Crippen LogP contribution in [0.25, 0.3) is 0 Å². The van der Waals surface area contributed by atoms with Crippen molar-refractivity contribution >= 4 is 11.9 Å². The average Bonchev–Trinajstić information content (AvgIpc) is 3.46. The molecule has 1 rings (SSSR count). The first kappa shape index (κ1) is 75.4. The zero-order valence-electron chi connectivity index (χ0n) is 51.7. The summed E-state index contributed by atoms with van der Waals surface area (Å²) in [6.07, 6.45) is 61.4. The number of amides is 1. The van der Waals surface area contributed by atoms with Crippen LogP contribution < -0.4 is 5.32 Å². The maximum atomic E-state index is 13.4. The number of esters is 1. The van der Waals surface area contributed by atoms with Crippen LogP contribution in [0.3, 0.4) is 0 Å². The Labute approximate surface area is 490 Å². The molecule has 1 fully saturated rings. The van der Waals surface area contributed by atoms with Gasteiger partial charge in [-0.1, -0.05) is 274 Å². The van der Waals surface area contributed by atoms with Crippen LogP contribution in [-0.2, 0) is 23.8 Å². The Bertz CT molecular complexity index is 1530. The van der Waals surface area contributed by atoms with Crippen molar-refractivity contribution < 1.29 is 49.3 Å². The monoisotopic (exact) mass is 1130 g/mol. The first-order valence-corrected chi connectivity index (χ1v) is 33.6. The summed E-state index contributed by atoms with van der Waals surface area (Å²) in [4.78, 5) is 26.6. The maximum Gasteiger partial charge on any atom is 0.306 e. The normalized spacial score (nSPS) is 19.1. The SMILES string of the molecule is CC/C=C/C/C=C/C/C=C/CCCCCC(O)C(=O)NC(COC1OC(CO)C(O)C(O)C1OC(=O)CCCCCCCCCCCCCCCCCCC/C=C/CCCCCCCC)C(O)/C=C/CCCCCCCCCCC. The van der Waals surface area contributed by atoms with E-state index in [9.17, 15) is 35.1 Å². The highest BCUT2D eigenvalue weighted by molar-refractivity contribution is 5.80. The fourth-order valence-electron chi connectivity index (χ4n) is 10.4. The van der Waals surface area contributed by atoms with Gasteiger partial charge in [0.05, 0.1) is 25.4 Å². The molecular weight excluding hydrogens is 1000 g/mol. The van der Waals surface area contributed by atoms with Gasteiger partial charge in [-0.2, -0.15) is 0 Å². The number of hydrogen-bond donors (Lipinski definition) is 6. The lowest BCUT2D eigenvalue weighted by Gasteiger charge is -2.41. The van der Waals surface area contributed by atoms with Gasteiger partial charge in [-0.25, -0.2) is 0 Å². The second-order valence-corrected chi connectivity index (χ2v) is 23.2. The van der Waals surface area contributed by atoms with Crippen molar-refractivity contribution in [2.24, 2.45) is 0 Å². The minimum absolute atomic E-state index is 0.122. The fourth-order valence-corrected chi connectivity index (χ4v) is 10.4. The number of rotatable bonds is 57. The summed E-state index contributed by atoms with van der Waals surface area (Å²) in [5.41, 5.74) is 0. The molecule has 11 nitrogen and oxygen atoms in total. The third-order valence-electron chi connectivity index (χ3n) is 15.7. The van der Waals surface area contributed by atoms with Gasteiger partial charge in [0.15, 0.2) is 12.4 Å². The number of carbonyl (C=O) groups excluding carboxylic acids is 2. The van der Waals surface area contributed by atoms with Crippen molar-refractivity contribution in [2.75, 3.05) is 13.2 Å². The van der Waals surface area contributed by atoms with E-state index in [0.717, 1.165) is 77.0 Å². The Hall–Kier alpha value is -2.64. The van der Waals surface area contributed by atoms with E-state index in [4.69, 9.17) is 14.2 Å². The molecule has 1 heterocycles. The highest BCUT2D eigenvalue weighted by atomic mass is 16.7. The van der Waals surface area contributed by atoms with Crippen LogP contribution in [0.4, 0.5) is 0 Å². The van der Waals surface area contributed by atoms with Gasteiger partial charge < -0.3 is 45.1 Å². The predicted molar refractivity (Wildman–Crippen MR) is 333 cm³/mol. The molecule has 0 spiro atoms. The number of nitrogens with one attached hydrogen (secondary N) is 1. The summed E-state index contributed by atoms with van der Waals surface area (Å²) >= 11 is 0. The molecule has 0 aromatic carbocycles. The summed E-state index contributed by atoms with van der Waals surface area (Å²) in [5, 5.41) is 57.0. The van der Waals surface area contributed by atoms with Crippen LogP contribution in [0.2, 0.25) is 0 Å². The molecule has 1 aliphatic heterocycles. The van der Waals surface area contributed by atoms with Crippen molar-refractivity contribution in [3.8, 4) is 0 Å². The quantitative estimate of drug-likeness (QED) is 0.0195. The Kier molecular flexibility index (Phi) is 53.5. The Morgan fingerprint density at radius 2 is 0.900 bits per heavy atom. The van der Waals surface area contributed by atoms with Gasteiger partial charge in [0.1, 0.15) is 24.4 Å². The number of hydrogen-bond acceptors (Lipinski definition) is 10. The topological polar surface area (TPSA) is 175 Å². The molecule has 1 saturated heterocycles. The van der Waals surface area contributed by atoms with Crippen molar-refractivity contribution in [1.29, 1.82) is 0 Å².